The summed E-state index contributed by atoms with van der Waals surface area (Å²) in [4.78, 5) is 0. The first-order valence-corrected chi connectivity index (χ1v) is 0. The quantitative estimate of drug-likeness (QED) is 0.238. The molecule has 0 aromatic heterocycles. The minimum Gasteiger partial charge on any atom is -1.00 e. The molecule has 14 heteroatoms. The molecule has 0 amide bonds. The van der Waals surface area contributed by atoms with Crippen LogP contribution in [-0.4, -0.2) is 0 Å². The first-order valence-electron chi connectivity index (χ1n) is 0. The van der Waals surface area contributed by atoms with E-state index < -0.39 is 0 Å². The summed E-state index contributed by atoms with van der Waals surface area (Å²) < 4.78 is 0. The molecule has 0 saturated carbocycles. The van der Waals surface area contributed by atoms with Crippen molar-refractivity contribution in [3.8, 4) is 0 Å². The molecule has 0 spiro atoms. The number of halogens is 10. The summed E-state index contributed by atoms with van der Waals surface area (Å²) in [6, 6.07) is 0. The molecule has 0 aromatic carbocycles. The van der Waals surface area contributed by atoms with Crippen LogP contribution in [0.1, 0.15) is 0 Å². The third kappa shape index (κ3) is 161. The molecule has 0 heterocycles. The second-order valence-corrected chi connectivity index (χ2v) is 0. The Morgan fingerprint density at radius 2 is 0.143 bits per heavy atom. The van der Waals surface area contributed by atoms with Crippen molar-refractivity contribution < 1.29 is 202 Å². The van der Waals surface area contributed by atoms with Gasteiger partial charge in [0.1, 0.15) is 0 Å². The minimum absolute atomic E-state index is 0. The Balaban J connectivity index is 0. The second kappa shape index (κ2) is 191. The molecule has 0 unspecified atom stereocenters. The summed E-state index contributed by atoms with van der Waals surface area (Å²) in [6.45, 7) is 0. The maximum atomic E-state index is 0. The molecule has 14 heavy (non-hydrogen) atoms. The molecule has 0 aliphatic carbocycles. The zero-order chi connectivity index (χ0) is 0. The zero-order valence-corrected chi connectivity index (χ0v) is 26.0. The van der Waals surface area contributed by atoms with Crippen molar-refractivity contribution in [2.75, 3.05) is 0 Å². The van der Waals surface area contributed by atoms with Gasteiger partial charge in [-0.15, -0.1) is 0 Å². The van der Waals surface area contributed by atoms with E-state index in [9.17, 15) is 0 Å². The van der Waals surface area contributed by atoms with Crippen molar-refractivity contribution >= 4 is 0 Å². The van der Waals surface area contributed by atoms with Gasteiger partial charge in [-0.2, -0.15) is 0 Å². The Morgan fingerprint density at radius 3 is 0.143 bits per heavy atom. The number of hydrogen-bond acceptors (Lipinski definition) is 0. The SMILES string of the molecule is [Cl-].[Cl-].[Cl-].[Cl-].[Cl-].[Cl-].[Cl-].[Cl-].[Cl-].[Cl-].[Zn+2].[Zn+2].[Zn+2].[Zn+2]. The molecule has 80 valence electrons. The Hall–Kier alpha value is 5.39. The molecule has 0 radical (unpaired) electrons. The molecule has 0 aliphatic rings. The Morgan fingerprint density at radius 1 is 0.143 bits per heavy atom. The van der Waals surface area contributed by atoms with Crippen molar-refractivity contribution in [2.24, 2.45) is 0 Å². The molecule has 0 aliphatic heterocycles. The third-order valence-electron chi connectivity index (χ3n) is 0. The van der Waals surface area contributed by atoms with Crippen LogP contribution in [0.15, 0.2) is 0 Å². The van der Waals surface area contributed by atoms with Crippen LogP contribution in [0.3, 0.4) is 0 Å². The average molecular weight is 616 g/mol. The summed E-state index contributed by atoms with van der Waals surface area (Å²) in [7, 11) is 0. The van der Waals surface area contributed by atoms with Crippen LogP contribution in [0.25, 0.3) is 0 Å². The topological polar surface area (TPSA) is 0 Å². The Bertz CT molecular complexity index is 12.1. The van der Waals surface area contributed by atoms with Gasteiger partial charge in [0.25, 0.3) is 0 Å². The van der Waals surface area contributed by atoms with E-state index in [1.807, 2.05) is 0 Å². The Kier molecular flexibility index (Phi) is 3080. The van der Waals surface area contributed by atoms with E-state index in [0.29, 0.717) is 0 Å². The van der Waals surface area contributed by atoms with Gasteiger partial charge in [0.2, 0.25) is 0 Å². The van der Waals surface area contributed by atoms with E-state index >= 15 is 0 Å². The fourth-order valence-corrected chi connectivity index (χ4v) is 0. The van der Waals surface area contributed by atoms with Gasteiger partial charge in [-0.25, -0.2) is 0 Å². The number of hydrogen-bond donors (Lipinski definition) is 0. The zero-order valence-electron chi connectivity index (χ0n) is 6.61. The average Bonchev–Trinajstić information content (AvgIpc) is 0. The van der Waals surface area contributed by atoms with Gasteiger partial charge in [-0.1, -0.05) is 0 Å². The molecule has 0 N–H and O–H groups in total. The smallest absolute Gasteiger partial charge is 1.00 e. The largest absolute Gasteiger partial charge is 2.00 e. The Labute approximate surface area is 198 Å². The maximum Gasteiger partial charge on any atom is 2.00 e. The van der Waals surface area contributed by atoms with Crippen molar-refractivity contribution in [1.82, 2.24) is 0 Å². The van der Waals surface area contributed by atoms with Crippen LogP contribution in [0.2, 0.25) is 0 Å². The summed E-state index contributed by atoms with van der Waals surface area (Å²) in [5.74, 6) is 0. The fourth-order valence-electron chi connectivity index (χ4n) is 0. The van der Waals surface area contributed by atoms with Crippen LogP contribution in [0, 0.1) is 0 Å². The van der Waals surface area contributed by atoms with Gasteiger partial charge in [0, 0.05) is 0 Å². The van der Waals surface area contributed by atoms with Crippen molar-refractivity contribution in [2.45, 2.75) is 0 Å². The van der Waals surface area contributed by atoms with Crippen LogP contribution in [0.4, 0.5) is 0 Å². The van der Waals surface area contributed by atoms with Gasteiger partial charge >= 0.3 is 77.9 Å². The van der Waals surface area contributed by atoms with Crippen LogP contribution >= 0.6 is 0 Å². The van der Waals surface area contributed by atoms with Gasteiger partial charge < -0.3 is 124 Å². The fraction of sp³-hybridized carbons (Fsp3) is 0. The van der Waals surface area contributed by atoms with Crippen LogP contribution in [-0.2, 0) is 77.9 Å². The summed E-state index contributed by atoms with van der Waals surface area (Å²) in [5, 5.41) is 0. The van der Waals surface area contributed by atoms with E-state index in [4.69, 9.17) is 0 Å². The molecule has 0 bridgehead atoms. The van der Waals surface area contributed by atoms with E-state index in [1.165, 1.54) is 0 Å². The minimum atomic E-state index is 0. The molecule has 0 saturated heterocycles. The van der Waals surface area contributed by atoms with Crippen molar-refractivity contribution in [1.29, 1.82) is 0 Å². The molecule has 0 rings (SSSR count). The van der Waals surface area contributed by atoms with Gasteiger partial charge in [-0.3, -0.25) is 0 Å². The normalized spacial score (nSPS) is 0. The molecular formula is Cl10Zn4-2. The standard InChI is InChI=1S/10ClH.4Zn/h10*1H;;;;/q;;;;;;;;;;4*+2/p-10. The predicted octanol–water partition coefficient (Wildman–Crippen LogP) is -30.0. The number of rotatable bonds is 0. The monoisotopic (exact) mass is 605 g/mol. The van der Waals surface area contributed by atoms with E-state index in [-0.39, 0.29) is 202 Å². The predicted molar refractivity (Wildman–Crippen MR) is 0 cm³/mol. The van der Waals surface area contributed by atoms with E-state index in [1.54, 1.807) is 0 Å². The van der Waals surface area contributed by atoms with Crippen molar-refractivity contribution in [3.05, 3.63) is 0 Å². The molecule has 0 fully saturated rings. The first-order chi connectivity index (χ1) is 0. The molecule has 0 atom stereocenters. The molecule has 0 aromatic rings. The molecule has 0 nitrogen and oxygen atoms in total. The second-order valence-electron chi connectivity index (χ2n) is 0. The van der Waals surface area contributed by atoms with E-state index in [2.05, 4.69) is 0 Å². The third-order valence-corrected chi connectivity index (χ3v) is 0. The maximum absolute atomic E-state index is 0. The molecular weight excluding hydrogens is 616 g/mol. The van der Waals surface area contributed by atoms with Crippen molar-refractivity contribution in [3.63, 3.8) is 0 Å². The summed E-state index contributed by atoms with van der Waals surface area (Å²) in [6.07, 6.45) is 0. The van der Waals surface area contributed by atoms with Gasteiger partial charge in [0.15, 0.2) is 0 Å². The van der Waals surface area contributed by atoms with E-state index in [0.717, 1.165) is 0 Å². The summed E-state index contributed by atoms with van der Waals surface area (Å²) >= 11 is 0. The van der Waals surface area contributed by atoms with Gasteiger partial charge in [-0.05, 0) is 0 Å². The summed E-state index contributed by atoms with van der Waals surface area (Å²) in [5.41, 5.74) is 0. The van der Waals surface area contributed by atoms with Crippen LogP contribution < -0.4 is 124 Å². The van der Waals surface area contributed by atoms with Gasteiger partial charge in [0.05, 0.1) is 0 Å². The van der Waals surface area contributed by atoms with Crippen LogP contribution in [0.5, 0.6) is 0 Å². The first kappa shape index (κ1) is 226.